The molecule has 0 aromatic heterocycles. The Labute approximate surface area is 173 Å². The zero-order valence-electron chi connectivity index (χ0n) is 17.6. The van der Waals surface area contributed by atoms with E-state index < -0.39 is 5.97 Å². The van der Waals surface area contributed by atoms with E-state index in [-0.39, 0.29) is 12.0 Å². The molecule has 1 heterocycles. The van der Waals surface area contributed by atoms with Crippen LogP contribution in [0.15, 0.2) is 42.5 Å². The molecule has 5 heteroatoms. The van der Waals surface area contributed by atoms with Gasteiger partial charge in [-0.15, -0.1) is 0 Å². The van der Waals surface area contributed by atoms with Crippen LogP contribution < -0.4 is 9.47 Å². The van der Waals surface area contributed by atoms with Crippen molar-refractivity contribution in [2.24, 2.45) is 5.92 Å². The van der Waals surface area contributed by atoms with Crippen LogP contribution in [0.1, 0.15) is 49.4 Å². The fourth-order valence-corrected chi connectivity index (χ4v) is 4.16. The molecule has 0 spiro atoms. The molecule has 0 amide bonds. The zero-order valence-corrected chi connectivity index (χ0v) is 17.6. The second-order valence-electron chi connectivity index (χ2n) is 7.50. The molecule has 2 aromatic carbocycles. The molecule has 0 aliphatic carbocycles. The van der Waals surface area contributed by atoms with E-state index in [0.29, 0.717) is 19.8 Å². The van der Waals surface area contributed by atoms with Crippen LogP contribution in [0.4, 0.5) is 0 Å². The standard InChI is InChI=1S/C24H31NO4/c1-4-28-21-13-12-18(15-22(21)29-5-2)23(20-11-7-6-9-17(20)3)25-14-8-10-19(16-25)24(26)27/h6-7,9,11-13,15,19,23H,4-5,8,10,14,16H2,1-3H3,(H,26,27). The van der Waals surface area contributed by atoms with Crippen molar-refractivity contribution in [2.75, 3.05) is 26.3 Å². The average Bonchev–Trinajstić information content (AvgIpc) is 2.72. The van der Waals surface area contributed by atoms with Gasteiger partial charge >= 0.3 is 5.97 Å². The minimum absolute atomic E-state index is 0.0202. The highest BCUT2D eigenvalue weighted by Crippen LogP contribution is 2.38. The van der Waals surface area contributed by atoms with Crippen molar-refractivity contribution in [3.63, 3.8) is 0 Å². The molecule has 2 aromatic rings. The number of ether oxygens (including phenoxy) is 2. The lowest BCUT2D eigenvalue weighted by Crippen LogP contribution is -2.41. The van der Waals surface area contributed by atoms with Crippen LogP contribution in [0.3, 0.4) is 0 Å². The molecule has 2 atom stereocenters. The maximum Gasteiger partial charge on any atom is 0.307 e. The van der Waals surface area contributed by atoms with Crippen LogP contribution in [-0.2, 0) is 4.79 Å². The Kier molecular flexibility index (Phi) is 7.15. The van der Waals surface area contributed by atoms with E-state index in [4.69, 9.17) is 9.47 Å². The summed E-state index contributed by atoms with van der Waals surface area (Å²) in [5, 5.41) is 9.58. The van der Waals surface area contributed by atoms with Crippen molar-refractivity contribution in [3.8, 4) is 11.5 Å². The summed E-state index contributed by atoms with van der Waals surface area (Å²) in [6, 6.07) is 14.4. The second-order valence-corrected chi connectivity index (χ2v) is 7.50. The molecule has 1 saturated heterocycles. The number of carboxylic acids is 1. The number of piperidine rings is 1. The third-order valence-corrected chi connectivity index (χ3v) is 5.53. The van der Waals surface area contributed by atoms with E-state index in [1.165, 1.54) is 11.1 Å². The van der Waals surface area contributed by atoms with E-state index in [1.54, 1.807) is 0 Å². The number of benzene rings is 2. The van der Waals surface area contributed by atoms with E-state index in [2.05, 4.69) is 36.1 Å². The number of carboxylic acid groups (broad SMARTS) is 1. The monoisotopic (exact) mass is 397 g/mol. The second kappa shape index (κ2) is 9.79. The first-order valence-corrected chi connectivity index (χ1v) is 10.5. The third-order valence-electron chi connectivity index (χ3n) is 5.53. The predicted molar refractivity (Wildman–Crippen MR) is 114 cm³/mol. The van der Waals surface area contributed by atoms with Gasteiger partial charge in [-0.05, 0) is 69.0 Å². The van der Waals surface area contributed by atoms with Gasteiger partial charge in [0.1, 0.15) is 0 Å². The third kappa shape index (κ3) is 4.91. The molecule has 1 fully saturated rings. The first-order valence-electron chi connectivity index (χ1n) is 10.5. The Hall–Kier alpha value is -2.53. The number of nitrogens with zero attached hydrogens (tertiary/aromatic N) is 1. The van der Waals surface area contributed by atoms with Gasteiger partial charge in [-0.2, -0.15) is 0 Å². The number of rotatable bonds is 8. The Bertz CT molecular complexity index is 835. The molecule has 156 valence electrons. The summed E-state index contributed by atoms with van der Waals surface area (Å²) in [4.78, 5) is 14.0. The first kappa shape index (κ1) is 21.2. The fraction of sp³-hybridized carbons (Fsp3) is 0.458. The van der Waals surface area contributed by atoms with Crippen LogP contribution in [0.2, 0.25) is 0 Å². The number of hydrogen-bond acceptors (Lipinski definition) is 4. The number of aliphatic carboxylic acids is 1. The Morgan fingerprint density at radius 1 is 1.14 bits per heavy atom. The molecule has 1 aliphatic heterocycles. The quantitative estimate of drug-likeness (QED) is 0.701. The van der Waals surface area contributed by atoms with E-state index in [1.807, 2.05) is 32.0 Å². The molecular formula is C24H31NO4. The molecule has 1 N–H and O–H groups in total. The lowest BCUT2D eigenvalue weighted by molar-refractivity contribution is -0.143. The van der Waals surface area contributed by atoms with Crippen LogP contribution in [0, 0.1) is 12.8 Å². The smallest absolute Gasteiger partial charge is 0.307 e. The molecule has 5 nitrogen and oxygen atoms in total. The van der Waals surface area contributed by atoms with Crippen molar-refractivity contribution in [2.45, 2.75) is 39.7 Å². The van der Waals surface area contributed by atoms with Crippen molar-refractivity contribution < 1.29 is 19.4 Å². The maximum absolute atomic E-state index is 11.7. The first-order chi connectivity index (χ1) is 14.0. The van der Waals surface area contributed by atoms with Crippen molar-refractivity contribution in [1.29, 1.82) is 0 Å². The molecule has 29 heavy (non-hydrogen) atoms. The topological polar surface area (TPSA) is 59.0 Å². The average molecular weight is 398 g/mol. The largest absolute Gasteiger partial charge is 0.490 e. The number of aryl methyl sites for hydroxylation is 1. The minimum Gasteiger partial charge on any atom is -0.490 e. The summed E-state index contributed by atoms with van der Waals surface area (Å²) >= 11 is 0. The Morgan fingerprint density at radius 2 is 1.86 bits per heavy atom. The maximum atomic E-state index is 11.7. The highest BCUT2D eigenvalue weighted by Gasteiger charge is 2.32. The van der Waals surface area contributed by atoms with Gasteiger partial charge in [-0.25, -0.2) is 0 Å². The molecule has 3 rings (SSSR count). The van der Waals surface area contributed by atoms with Gasteiger partial charge in [0.25, 0.3) is 0 Å². The molecular weight excluding hydrogens is 366 g/mol. The molecule has 0 bridgehead atoms. The van der Waals surface area contributed by atoms with Gasteiger partial charge in [-0.1, -0.05) is 30.3 Å². The summed E-state index contributed by atoms with van der Waals surface area (Å²) in [6.45, 7) is 8.59. The lowest BCUT2D eigenvalue weighted by Gasteiger charge is -2.38. The molecule has 2 unspecified atom stereocenters. The number of hydrogen-bond donors (Lipinski definition) is 1. The van der Waals surface area contributed by atoms with Crippen molar-refractivity contribution in [3.05, 3.63) is 59.2 Å². The predicted octanol–water partition coefficient (Wildman–Crippen LogP) is 4.68. The van der Waals surface area contributed by atoms with Crippen LogP contribution >= 0.6 is 0 Å². The molecule has 1 aliphatic rings. The highest BCUT2D eigenvalue weighted by atomic mass is 16.5. The Morgan fingerprint density at radius 3 is 2.55 bits per heavy atom. The summed E-state index contributed by atoms with van der Waals surface area (Å²) in [5.41, 5.74) is 3.49. The van der Waals surface area contributed by atoms with Gasteiger partial charge in [-0.3, -0.25) is 9.69 Å². The SMILES string of the molecule is CCOc1ccc(C(c2ccccc2C)N2CCCC(C(=O)O)C2)cc1OCC. The normalized spacial score (nSPS) is 18.2. The van der Waals surface area contributed by atoms with E-state index >= 15 is 0 Å². The van der Waals surface area contributed by atoms with Gasteiger partial charge < -0.3 is 14.6 Å². The Balaban J connectivity index is 2.05. The van der Waals surface area contributed by atoms with Crippen molar-refractivity contribution in [1.82, 2.24) is 4.90 Å². The number of likely N-dealkylation sites (tertiary alicyclic amines) is 1. The van der Waals surface area contributed by atoms with Crippen LogP contribution in [-0.4, -0.2) is 42.3 Å². The summed E-state index contributed by atoms with van der Waals surface area (Å²) in [7, 11) is 0. The highest BCUT2D eigenvalue weighted by molar-refractivity contribution is 5.70. The minimum atomic E-state index is -0.708. The molecule has 0 saturated carbocycles. The van der Waals surface area contributed by atoms with Crippen molar-refractivity contribution >= 4 is 5.97 Å². The summed E-state index contributed by atoms with van der Waals surface area (Å²) in [5.74, 6) is 0.435. The van der Waals surface area contributed by atoms with Gasteiger partial charge in [0.2, 0.25) is 0 Å². The van der Waals surface area contributed by atoms with Crippen LogP contribution in [0.25, 0.3) is 0 Å². The van der Waals surface area contributed by atoms with Gasteiger partial charge in [0, 0.05) is 6.54 Å². The summed E-state index contributed by atoms with van der Waals surface area (Å²) < 4.78 is 11.6. The fourth-order valence-electron chi connectivity index (χ4n) is 4.16. The van der Waals surface area contributed by atoms with E-state index in [0.717, 1.165) is 36.4 Å². The number of carbonyl (C=O) groups is 1. The molecule has 0 radical (unpaired) electrons. The lowest BCUT2D eigenvalue weighted by atomic mass is 9.89. The van der Waals surface area contributed by atoms with Crippen LogP contribution in [0.5, 0.6) is 11.5 Å². The van der Waals surface area contributed by atoms with Gasteiger partial charge in [0.15, 0.2) is 11.5 Å². The van der Waals surface area contributed by atoms with E-state index in [9.17, 15) is 9.90 Å². The van der Waals surface area contributed by atoms with Gasteiger partial charge in [0.05, 0.1) is 25.2 Å². The zero-order chi connectivity index (χ0) is 20.8. The summed E-state index contributed by atoms with van der Waals surface area (Å²) in [6.07, 6.45) is 1.62.